The summed E-state index contributed by atoms with van der Waals surface area (Å²) >= 11 is 0. The quantitative estimate of drug-likeness (QED) is 0.471. The molecule has 1 aromatic heterocycles. The van der Waals surface area contributed by atoms with Gasteiger partial charge in [0.1, 0.15) is 0 Å². The SMILES string of the molecule is O=C(NCCCc1ccccc1)C(=O)c1ccc[nH]1. The molecule has 19 heavy (non-hydrogen) atoms. The number of nitrogens with one attached hydrogen (secondary N) is 2. The van der Waals surface area contributed by atoms with Crippen molar-refractivity contribution in [3.05, 3.63) is 59.9 Å². The molecule has 0 bridgehead atoms. The molecule has 2 aromatic rings. The molecule has 2 N–H and O–H groups in total. The van der Waals surface area contributed by atoms with Crippen molar-refractivity contribution in [1.82, 2.24) is 10.3 Å². The molecule has 0 aliphatic heterocycles. The van der Waals surface area contributed by atoms with Gasteiger partial charge < -0.3 is 10.3 Å². The molecule has 0 spiro atoms. The minimum Gasteiger partial charge on any atom is -0.358 e. The Bertz CT molecular complexity index is 533. The first-order valence-electron chi connectivity index (χ1n) is 6.27. The summed E-state index contributed by atoms with van der Waals surface area (Å²) < 4.78 is 0. The lowest BCUT2D eigenvalue weighted by molar-refractivity contribution is -0.117. The minimum atomic E-state index is -0.560. The number of hydrogen-bond donors (Lipinski definition) is 2. The van der Waals surface area contributed by atoms with Gasteiger partial charge in [0.25, 0.3) is 11.7 Å². The van der Waals surface area contributed by atoms with E-state index in [1.165, 1.54) is 5.56 Å². The van der Waals surface area contributed by atoms with Gasteiger partial charge in [0.05, 0.1) is 5.69 Å². The van der Waals surface area contributed by atoms with Crippen molar-refractivity contribution in [2.24, 2.45) is 0 Å². The summed E-state index contributed by atoms with van der Waals surface area (Å²) in [5.41, 5.74) is 1.55. The number of carbonyl (C=O) groups excluding carboxylic acids is 2. The van der Waals surface area contributed by atoms with Crippen molar-refractivity contribution in [2.45, 2.75) is 12.8 Å². The van der Waals surface area contributed by atoms with Crippen LogP contribution in [0, 0.1) is 0 Å². The second kappa shape index (κ2) is 6.54. The molecular weight excluding hydrogens is 240 g/mol. The van der Waals surface area contributed by atoms with Crippen molar-refractivity contribution < 1.29 is 9.59 Å². The fourth-order valence-corrected chi connectivity index (χ4v) is 1.81. The smallest absolute Gasteiger partial charge is 0.293 e. The third kappa shape index (κ3) is 3.81. The first-order valence-corrected chi connectivity index (χ1v) is 6.27. The maximum absolute atomic E-state index is 11.6. The normalized spacial score (nSPS) is 10.1. The number of amides is 1. The summed E-state index contributed by atoms with van der Waals surface area (Å²) in [4.78, 5) is 25.9. The number of benzene rings is 1. The van der Waals surface area contributed by atoms with Crippen LogP contribution in [0.4, 0.5) is 0 Å². The van der Waals surface area contributed by atoms with Crippen molar-refractivity contribution >= 4 is 11.7 Å². The molecule has 0 saturated heterocycles. The predicted molar refractivity (Wildman–Crippen MR) is 72.9 cm³/mol. The van der Waals surface area contributed by atoms with E-state index in [0.717, 1.165) is 12.8 Å². The standard InChI is InChI=1S/C15H16N2O2/c18-14(13-9-5-10-16-13)15(19)17-11-4-8-12-6-2-1-3-7-12/h1-3,5-7,9-10,16H,4,8,11H2,(H,17,19). The van der Waals surface area contributed by atoms with E-state index in [-0.39, 0.29) is 0 Å². The largest absolute Gasteiger partial charge is 0.358 e. The second-order valence-electron chi connectivity index (χ2n) is 4.26. The molecule has 0 aliphatic carbocycles. The Morgan fingerprint density at radius 1 is 1.05 bits per heavy atom. The molecule has 2 rings (SSSR count). The van der Waals surface area contributed by atoms with Gasteiger partial charge in [-0.2, -0.15) is 0 Å². The highest BCUT2D eigenvalue weighted by molar-refractivity contribution is 6.42. The fraction of sp³-hybridized carbons (Fsp3) is 0.200. The number of aromatic nitrogens is 1. The molecule has 1 aromatic carbocycles. The maximum Gasteiger partial charge on any atom is 0.293 e. The molecule has 4 nitrogen and oxygen atoms in total. The van der Waals surface area contributed by atoms with Crippen LogP contribution in [0.3, 0.4) is 0 Å². The van der Waals surface area contributed by atoms with Crippen molar-refractivity contribution in [3.63, 3.8) is 0 Å². The molecule has 0 saturated carbocycles. The Morgan fingerprint density at radius 3 is 2.53 bits per heavy atom. The number of aromatic amines is 1. The number of hydrogen-bond acceptors (Lipinski definition) is 2. The van der Waals surface area contributed by atoms with E-state index in [1.54, 1.807) is 18.3 Å². The average molecular weight is 256 g/mol. The number of Topliss-reactive ketones (excluding diaryl/α,β-unsaturated/α-hetero) is 1. The van der Waals surface area contributed by atoms with E-state index in [9.17, 15) is 9.59 Å². The number of rotatable bonds is 6. The van der Waals surface area contributed by atoms with Crippen LogP contribution in [0.2, 0.25) is 0 Å². The first kappa shape index (κ1) is 13.1. The topological polar surface area (TPSA) is 62.0 Å². The van der Waals surface area contributed by atoms with E-state index in [1.807, 2.05) is 30.3 Å². The van der Waals surface area contributed by atoms with Crippen LogP contribution in [0.1, 0.15) is 22.5 Å². The van der Waals surface area contributed by atoms with Gasteiger partial charge in [-0.1, -0.05) is 30.3 Å². The van der Waals surface area contributed by atoms with Gasteiger partial charge in [0, 0.05) is 12.7 Å². The third-order valence-electron chi connectivity index (χ3n) is 2.82. The van der Waals surface area contributed by atoms with E-state index < -0.39 is 11.7 Å². The van der Waals surface area contributed by atoms with Gasteiger partial charge in [0.15, 0.2) is 0 Å². The number of ketones is 1. The number of carbonyl (C=O) groups is 2. The van der Waals surface area contributed by atoms with Gasteiger partial charge in [-0.05, 0) is 30.5 Å². The van der Waals surface area contributed by atoms with Crippen molar-refractivity contribution in [3.8, 4) is 0 Å². The van der Waals surface area contributed by atoms with Crippen molar-refractivity contribution in [1.29, 1.82) is 0 Å². The minimum absolute atomic E-state index is 0.320. The lowest BCUT2D eigenvalue weighted by atomic mass is 10.1. The summed E-state index contributed by atoms with van der Waals surface area (Å²) in [6.45, 7) is 0.500. The lowest BCUT2D eigenvalue weighted by Gasteiger charge is -2.04. The average Bonchev–Trinajstić information content (AvgIpc) is 2.98. The Balaban J connectivity index is 1.71. The van der Waals surface area contributed by atoms with Crippen LogP contribution in [0.5, 0.6) is 0 Å². The highest BCUT2D eigenvalue weighted by Crippen LogP contribution is 2.01. The molecule has 0 unspecified atom stereocenters. The highest BCUT2D eigenvalue weighted by atomic mass is 16.2. The predicted octanol–water partition coefficient (Wildman–Crippen LogP) is 1.95. The first-order chi connectivity index (χ1) is 9.27. The summed E-state index contributed by atoms with van der Waals surface area (Å²) in [6, 6.07) is 13.3. The van der Waals surface area contributed by atoms with Gasteiger partial charge in [0.2, 0.25) is 0 Å². The van der Waals surface area contributed by atoms with E-state index in [0.29, 0.717) is 12.2 Å². The monoisotopic (exact) mass is 256 g/mol. The van der Waals surface area contributed by atoms with E-state index >= 15 is 0 Å². The fourth-order valence-electron chi connectivity index (χ4n) is 1.81. The molecule has 0 fully saturated rings. The van der Waals surface area contributed by atoms with Crippen LogP contribution in [0.15, 0.2) is 48.7 Å². The Hall–Kier alpha value is -2.36. The van der Waals surface area contributed by atoms with Gasteiger partial charge in [-0.15, -0.1) is 0 Å². The zero-order chi connectivity index (χ0) is 13.5. The second-order valence-corrected chi connectivity index (χ2v) is 4.26. The Morgan fingerprint density at radius 2 is 1.84 bits per heavy atom. The molecule has 0 radical (unpaired) electrons. The molecule has 1 heterocycles. The Kier molecular flexibility index (Phi) is 4.50. The third-order valence-corrected chi connectivity index (χ3v) is 2.82. The van der Waals surface area contributed by atoms with Crippen LogP contribution in [-0.4, -0.2) is 23.2 Å². The van der Waals surface area contributed by atoms with Crippen LogP contribution in [-0.2, 0) is 11.2 Å². The van der Waals surface area contributed by atoms with E-state index in [4.69, 9.17) is 0 Å². The molecule has 0 aliphatic rings. The van der Waals surface area contributed by atoms with Gasteiger partial charge >= 0.3 is 0 Å². The lowest BCUT2D eigenvalue weighted by Crippen LogP contribution is -2.32. The summed E-state index contributed by atoms with van der Waals surface area (Å²) in [6.07, 6.45) is 3.32. The van der Waals surface area contributed by atoms with Crippen LogP contribution >= 0.6 is 0 Å². The van der Waals surface area contributed by atoms with Crippen molar-refractivity contribution in [2.75, 3.05) is 6.54 Å². The number of aryl methyl sites for hydroxylation is 1. The van der Waals surface area contributed by atoms with Gasteiger partial charge in [-0.3, -0.25) is 9.59 Å². The van der Waals surface area contributed by atoms with E-state index in [2.05, 4.69) is 10.3 Å². The molecule has 1 amide bonds. The van der Waals surface area contributed by atoms with Gasteiger partial charge in [-0.25, -0.2) is 0 Å². The number of H-pyrrole nitrogens is 1. The maximum atomic E-state index is 11.6. The molecular formula is C15H16N2O2. The zero-order valence-corrected chi connectivity index (χ0v) is 10.6. The molecule has 98 valence electrons. The highest BCUT2D eigenvalue weighted by Gasteiger charge is 2.15. The Labute approximate surface area is 111 Å². The molecule has 4 heteroatoms. The summed E-state index contributed by atoms with van der Waals surface area (Å²) in [5.74, 6) is -1.08. The zero-order valence-electron chi connectivity index (χ0n) is 10.6. The molecule has 0 atom stereocenters. The van der Waals surface area contributed by atoms with Crippen LogP contribution < -0.4 is 5.32 Å². The summed E-state index contributed by atoms with van der Waals surface area (Å²) in [5, 5.41) is 2.63. The van der Waals surface area contributed by atoms with Crippen LogP contribution in [0.25, 0.3) is 0 Å². The summed E-state index contributed by atoms with van der Waals surface area (Å²) in [7, 11) is 0.